The van der Waals surface area contributed by atoms with Crippen LogP contribution < -0.4 is 0 Å². The van der Waals surface area contributed by atoms with Gasteiger partial charge < -0.3 is 24.6 Å². The molecule has 1 unspecified atom stereocenters. The van der Waals surface area contributed by atoms with Crippen molar-refractivity contribution in [3.63, 3.8) is 0 Å². The van der Waals surface area contributed by atoms with Gasteiger partial charge >= 0.3 is 19.8 Å². The number of esters is 2. The third-order valence-corrected chi connectivity index (χ3v) is 9.17. The van der Waals surface area contributed by atoms with Crippen molar-refractivity contribution in [3.05, 3.63) is 48.6 Å². The van der Waals surface area contributed by atoms with E-state index in [1.165, 1.54) is 57.8 Å². The molecule has 0 amide bonds. The fraction of sp³-hybridized carbons (Fsp3) is 0.756. The van der Waals surface area contributed by atoms with Gasteiger partial charge in [0.2, 0.25) is 0 Å². The summed E-state index contributed by atoms with van der Waals surface area (Å²) in [5.74, 6) is -0.962. The summed E-state index contributed by atoms with van der Waals surface area (Å²) in [6.45, 7) is 2.26. The van der Waals surface area contributed by atoms with E-state index >= 15 is 0 Å². The molecule has 0 aromatic heterocycles. The quantitative estimate of drug-likeness (QED) is 0.0242. The monoisotopic (exact) mass is 756 g/mol. The van der Waals surface area contributed by atoms with Gasteiger partial charge in [0.25, 0.3) is 0 Å². The molecule has 0 aliphatic carbocycles. The molecule has 0 aromatic carbocycles. The zero-order chi connectivity index (χ0) is 38.4. The average molecular weight is 757 g/mol. The van der Waals surface area contributed by atoms with Crippen molar-refractivity contribution in [2.75, 3.05) is 26.4 Å². The molecule has 0 rings (SSSR count). The van der Waals surface area contributed by atoms with Crippen molar-refractivity contribution in [1.82, 2.24) is 0 Å². The van der Waals surface area contributed by atoms with Crippen molar-refractivity contribution >= 4 is 19.8 Å². The Balaban J connectivity index is 4.39. The summed E-state index contributed by atoms with van der Waals surface area (Å²) in [6.07, 6.45) is 37.9. The molecule has 0 bridgehead atoms. The van der Waals surface area contributed by atoms with Crippen molar-refractivity contribution in [2.45, 2.75) is 174 Å². The maximum Gasteiger partial charge on any atom is 0.472 e. The maximum absolute atomic E-state index is 12.5. The number of phosphoric acid groups is 1. The number of allylic oxidation sites excluding steroid dienone is 8. The van der Waals surface area contributed by atoms with Gasteiger partial charge in [0.05, 0.1) is 19.8 Å². The molecule has 0 aromatic rings. The highest BCUT2D eigenvalue weighted by atomic mass is 31.2. The normalized spacial score (nSPS) is 14.5. The van der Waals surface area contributed by atoms with E-state index in [-0.39, 0.29) is 19.4 Å². The number of ether oxygens (including phenoxy) is 2. The van der Waals surface area contributed by atoms with E-state index in [1.54, 1.807) is 0 Å². The first-order valence-corrected chi connectivity index (χ1v) is 21.6. The van der Waals surface area contributed by atoms with Gasteiger partial charge in [-0.15, -0.1) is 0 Å². The fourth-order valence-corrected chi connectivity index (χ4v) is 5.89. The van der Waals surface area contributed by atoms with Crippen molar-refractivity contribution in [2.24, 2.45) is 0 Å². The first-order valence-electron chi connectivity index (χ1n) is 20.1. The summed E-state index contributed by atoms with van der Waals surface area (Å²) in [4.78, 5) is 34.9. The third-order valence-electron chi connectivity index (χ3n) is 8.22. The molecule has 3 atom stereocenters. The van der Waals surface area contributed by atoms with Crippen LogP contribution in [0.4, 0.5) is 0 Å². The number of aliphatic hydroxyl groups excluding tert-OH is 2. The minimum Gasteiger partial charge on any atom is -0.462 e. The van der Waals surface area contributed by atoms with Gasteiger partial charge in [0, 0.05) is 12.8 Å². The van der Waals surface area contributed by atoms with Crippen LogP contribution in [0.1, 0.15) is 162 Å². The molecule has 52 heavy (non-hydrogen) atoms. The molecular formula is C41H73O10P. The number of unbranched alkanes of at least 4 members (excludes halogenated alkanes) is 15. The van der Waals surface area contributed by atoms with E-state index in [4.69, 9.17) is 19.1 Å². The van der Waals surface area contributed by atoms with Crippen LogP contribution in [-0.4, -0.2) is 65.7 Å². The van der Waals surface area contributed by atoms with Gasteiger partial charge in [-0.3, -0.25) is 18.6 Å². The van der Waals surface area contributed by atoms with Crippen molar-refractivity contribution in [3.8, 4) is 0 Å². The van der Waals surface area contributed by atoms with Crippen LogP contribution >= 0.6 is 7.82 Å². The number of carbonyl (C=O) groups excluding carboxylic acids is 2. The second kappa shape index (κ2) is 37.3. The minimum absolute atomic E-state index is 0.178. The average Bonchev–Trinajstić information content (AvgIpc) is 3.13. The first-order chi connectivity index (χ1) is 25.2. The fourth-order valence-electron chi connectivity index (χ4n) is 5.10. The van der Waals surface area contributed by atoms with Crippen LogP contribution in [0, 0.1) is 0 Å². The summed E-state index contributed by atoms with van der Waals surface area (Å²) in [6, 6.07) is 0. The van der Waals surface area contributed by atoms with E-state index < -0.39 is 51.8 Å². The predicted molar refractivity (Wildman–Crippen MR) is 210 cm³/mol. The standard InChI is InChI=1S/C41H73O10P/c1-3-5-7-9-11-13-15-17-18-19-20-21-23-24-26-28-30-32-40(44)48-36-39(37-50-52(46,47)49-35-38(43)34-42)51-41(45)33-31-29-27-25-22-16-14-12-10-8-6-4-2/h7,9,13,15,18-19,21,23,38-39,42-43H,3-6,8,10-12,14,16-17,20,22,24-37H2,1-2H3,(H,46,47)/b9-7+,15-13+,19-18+,23-21+/t38-,39+/m1/s1. The lowest BCUT2D eigenvalue weighted by Crippen LogP contribution is -2.29. The van der Waals surface area contributed by atoms with E-state index in [1.807, 2.05) is 0 Å². The second-order valence-corrected chi connectivity index (χ2v) is 14.8. The molecule has 0 heterocycles. The number of hydrogen-bond donors (Lipinski definition) is 3. The summed E-state index contributed by atoms with van der Waals surface area (Å²) in [7, 11) is -4.62. The second-order valence-electron chi connectivity index (χ2n) is 13.3. The zero-order valence-corrected chi connectivity index (χ0v) is 33.4. The highest BCUT2D eigenvalue weighted by molar-refractivity contribution is 7.47. The summed E-state index contributed by atoms with van der Waals surface area (Å²) in [5, 5.41) is 18.3. The van der Waals surface area contributed by atoms with E-state index in [0.29, 0.717) is 12.8 Å². The molecule has 0 radical (unpaired) electrons. The van der Waals surface area contributed by atoms with Crippen LogP contribution in [0.15, 0.2) is 48.6 Å². The molecule has 0 saturated heterocycles. The predicted octanol–water partition coefficient (Wildman–Crippen LogP) is 10.2. The Kier molecular flexibility index (Phi) is 35.8. The van der Waals surface area contributed by atoms with Gasteiger partial charge in [-0.2, -0.15) is 0 Å². The highest BCUT2D eigenvalue weighted by Crippen LogP contribution is 2.43. The minimum atomic E-state index is -4.62. The summed E-state index contributed by atoms with van der Waals surface area (Å²) < 4.78 is 32.6. The smallest absolute Gasteiger partial charge is 0.462 e. The van der Waals surface area contributed by atoms with Gasteiger partial charge in [0.1, 0.15) is 12.7 Å². The molecule has 3 N–H and O–H groups in total. The molecule has 10 nitrogen and oxygen atoms in total. The number of rotatable bonds is 37. The first kappa shape index (κ1) is 49.9. The largest absolute Gasteiger partial charge is 0.472 e. The topological polar surface area (TPSA) is 149 Å². The van der Waals surface area contributed by atoms with E-state index in [2.05, 4.69) is 67.0 Å². The van der Waals surface area contributed by atoms with Crippen LogP contribution in [-0.2, 0) is 32.7 Å². The highest BCUT2D eigenvalue weighted by Gasteiger charge is 2.27. The molecule has 0 aliphatic rings. The third kappa shape index (κ3) is 36.3. The molecular weight excluding hydrogens is 683 g/mol. The molecule has 0 spiro atoms. The number of carbonyl (C=O) groups is 2. The Bertz CT molecular complexity index is 1010. The Morgan fingerprint density at radius 2 is 1.04 bits per heavy atom. The SMILES string of the molecule is CCC/C=C/C/C=C/C/C=C/C/C=C/CCCCCC(=O)OC[C@@H](COP(=O)(O)OC[C@H](O)CO)OC(=O)CCCCCCCCCCCCCC. The van der Waals surface area contributed by atoms with Crippen LogP contribution in [0.2, 0.25) is 0 Å². The lowest BCUT2D eigenvalue weighted by Gasteiger charge is -2.20. The number of hydrogen-bond acceptors (Lipinski definition) is 9. The van der Waals surface area contributed by atoms with Crippen LogP contribution in [0.25, 0.3) is 0 Å². The molecule has 0 saturated carbocycles. The Labute approximate surface area is 315 Å². The van der Waals surface area contributed by atoms with E-state index in [9.17, 15) is 24.2 Å². The molecule has 0 aliphatic heterocycles. The molecule has 0 fully saturated rings. The van der Waals surface area contributed by atoms with E-state index in [0.717, 1.165) is 64.2 Å². The van der Waals surface area contributed by atoms with Gasteiger partial charge in [0.15, 0.2) is 6.10 Å². The van der Waals surface area contributed by atoms with Crippen molar-refractivity contribution < 1.29 is 47.8 Å². The van der Waals surface area contributed by atoms with Gasteiger partial charge in [-0.05, 0) is 51.4 Å². The number of aliphatic hydroxyl groups is 2. The Morgan fingerprint density at radius 3 is 1.58 bits per heavy atom. The van der Waals surface area contributed by atoms with Crippen molar-refractivity contribution in [1.29, 1.82) is 0 Å². The van der Waals surface area contributed by atoms with Gasteiger partial charge in [-0.1, -0.05) is 146 Å². The van der Waals surface area contributed by atoms with Crippen LogP contribution in [0.5, 0.6) is 0 Å². The van der Waals surface area contributed by atoms with Gasteiger partial charge in [-0.25, -0.2) is 4.57 Å². The lowest BCUT2D eigenvalue weighted by atomic mass is 10.0. The summed E-state index contributed by atoms with van der Waals surface area (Å²) in [5.41, 5.74) is 0. The zero-order valence-electron chi connectivity index (χ0n) is 32.5. The molecule has 302 valence electrons. The molecule has 11 heteroatoms. The number of phosphoric ester groups is 1. The Hall–Kier alpha value is -2.07. The maximum atomic E-state index is 12.5. The summed E-state index contributed by atoms with van der Waals surface area (Å²) >= 11 is 0. The lowest BCUT2D eigenvalue weighted by molar-refractivity contribution is -0.161. The Morgan fingerprint density at radius 1 is 0.577 bits per heavy atom. The van der Waals surface area contributed by atoms with Crippen LogP contribution in [0.3, 0.4) is 0 Å².